The third-order valence-electron chi connectivity index (χ3n) is 5.95. The predicted molar refractivity (Wildman–Crippen MR) is 102 cm³/mol. The van der Waals surface area contributed by atoms with Crippen LogP contribution < -0.4 is 0 Å². The lowest BCUT2D eigenvalue weighted by atomic mass is 9.88. The van der Waals surface area contributed by atoms with Gasteiger partial charge in [0.1, 0.15) is 0 Å². The lowest BCUT2D eigenvalue weighted by Gasteiger charge is -2.45. The summed E-state index contributed by atoms with van der Waals surface area (Å²) in [4.78, 5) is 14.0. The first-order valence-corrected chi connectivity index (χ1v) is 9.78. The second-order valence-electron chi connectivity index (χ2n) is 7.60. The standard InChI is InChI=1S/C21H27N3O3/c1-3-24-19-9-8-16(10-18(19)20(22-24)21(25)26)23-11-17(12-23)27-13-15-7-5-4-6-14(15)2/h4-7,16-17H,3,8-13H2,1-2H3,(H,25,26)/t16-/m0/s1. The Morgan fingerprint density at radius 2 is 2.11 bits per heavy atom. The van der Waals surface area contributed by atoms with Gasteiger partial charge in [0, 0.05) is 36.9 Å². The fraction of sp³-hybridized carbons (Fsp3) is 0.524. The van der Waals surface area contributed by atoms with Crippen molar-refractivity contribution in [3.8, 4) is 0 Å². The minimum absolute atomic E-state index is 0.240. The number of hydrogen-bond donors (Lipinski definition) is 1. The van der Waals surface area contributed by atoms with E-state index in [0.717, 1.165) is 50.2 Å². The molecular weight excluding hydrogens is 342 g/mol. The van der Waals surface area contributed by atoms with E-state index >= 15 is 0 Å². The highest BCUT2D eigenvalue weighted by molar-refractivity contribution is 5.87. The van der Waals surface area contributed by atoms with Crippen molar-refractivity contribution >= 4 is 5.97 Å². The number of carboxylic acid groups (broad SMARTS) is 1. The lowest BCUT2D eigenvalue weighted by molar-refractivity contribution is -0.0811. The summed E-state index contributed by atoms with van der Waals surface area (Å²) < 4.78 is 7.93. The van der Waals surface area contributed by atoms with Crippen LogP contribution in [-0.4, -0.2) is 51.0 Å². The van der Waals surface area contributed by atoms with Gasteiger partial charge in [0.05, 0.1) is 12.7 Å². The summed E-state index contributed by atoms with van der Waals surface area (Å²) in [6.07, 6.45) is 3.01. The van der Waals surface area contributed by atoms with Gasteiger partial charge < -0.3 is 9.84 Å². The number of ether oxygens (including phenoxy) is 1. The van der Waals surface area contributed by atoms with E-state index < -0.39 is 5.97 Å². The zero-order chi connectivity index (χ0) is 19.0. The van der Waals surface area contributed by atoms with Crippen molar-refractivity contribution in [3.63, 3.8) is 0 Å². The van der Waals surface area contributed by atoms with Crippen LogP contribution in [0.1, 0.15) is 46.2 Å². The van der Waals surface area contributed by atoms with Crippen LogP contribution in [0.3, 0.4) is 0 Å². The summed E-state index contributed by atoms with van der Waals surface area (Å²) in [6, 6.07) is 8.72. The number of aromatic nitrogens is 2. The van der Waals surface area contributed by atoms with Crippen LogP contribution in [-0.2, 0) is 30.7 Å². The van der Waals surface area contributed by atoms with Crippen LogP contribution in [0.5, 0.6) is 0 Å². The highest BCUT2D eigenvalue weighted by Crippen LogP contribution is 2.30. The van der Waals surface area contributed by atoms with Crippen LogP contribution in [0.15, 0.2) is 24.3 Å². The molecule has 1 aliphatic heterocycles. The minimum Gasteiger partial charge on any atom is -0.476 e. The zero-order valence-corrected chi connectivity index (χ0v) is 16.0. The largest absolute Gasteiger partial charge is 0.476 e. The van der Waals surface area contributed by atoms with Gasteiger partial charge in [-0.1, -0.05) is 24.3 Å². The maximum absolute atomic E-state index is 11.6. The number of hydrogen-bond acceptors (Lipinski definition) is 4. The van der Waals surface area contributed by atoms with Gasteiger partial charge in [0.15, 0.2) is 5.69 Å². The van der Waals surface area contributed by atoms with Gasteiger partial charge in [-0.05, 0) is 44.2 Å². The molecule has 2 heterocycles. The second kappa shape index (κ2) is 7.44. The average molecular weight is 369 g/mol. The molecule has 1 aromatic carbocycles. The number of aromatic carboxylic acids is 1. The Kier molecular flexibility index (Phi) is 5.02. The number of rotatable bonds is 6. The van der Waals surface area contributed by atoms with E-state index in [0.29, 0.717) is 12.6 Å². The molecule has 0 saturated carbocycles. The molecule has 1 saturated heterocycles. The second-order valence-corrected chi connectivity index (χ2v) is 7.60. The summed E-state index contributed by atoms with van der Waals surface area (Å²) in [7, 11) is 0. The molecule has 144 valence electrons. The molecule has 1 aromatic heterocycles. The first-order valence-electron chi connectivity index (χ1n) is 9.78. The van der Waals surface area contributed by atoms with E-state index in [9.17, 15) is 9.90 Å². The first kappa shape index (κ1) is 18.2. The molecule has 0 bridgehead atoms. The molecule has 2 aliphatic rings. The van der Waals surface area contributed by atoms with Gasteiger partial charge in [-0.2, -0.15) is 5.10 Å². The normalized spacial score (nSPS) is 20.3. The molecule has 0 amide bonds. The molecule has 6 nitrogen and oxygen atoms in total. The van der Waals surface area contributed by atoms with Crippen molar-refractivity contribution in [2.45, 2.75) is 58.4 Å². The van der Waals surface area contributed by atoms with E-state index in [2.05, 4.69) is 35.1 Å². The SMILES string of the molecule is CCn1nc(C(=O)O)c2c1CC[C@H](N1CC(OCc3ccccc3C)C1)C2. The number of carboxylic acids is 1. The van der Waals surface area contributed by atoms with Crippen LogP contribution in [0.25, 0.3) is 0 Å². The third kappa shape index (κ3) is 3.51. The summed E-state index contributed by atoms with van der Waals surface area (Å²) in [5.74, 6) is -0.915. The smallest absolute Gasteiger partial charge is 0.356 e. The predicted octanol–water partition coefficient (Wildman–Crippen LogP) is 2.67. The molecule has 1 aliphatic carbocycles. The number of benzene rings is 1. The van der Waals surface area contributed by atoms with Crippen molar-refractivity contribution in [1.29, 1.82) is 0 Å². The summed E-state index contributed by atoms with van der Waals surface area (Å²) >= 11 is 0. The molecule has 1 atom stereocenters. The summed E-state index contributed by atoms with van der Waals surface area (Å²) in [5, 5.41) is 13.8. The Morgan fingerprint density at radius 1 is 1.33 bits per heavy atom. The van der Waals surface area contributed by atoms with Crippen molar-refractivity contribution in [3.05, 3.63) is 52.3 Å². The Bertz CT molecular complexity index is 839. The summed E-state index contributed by atoms with van der Waals surface area (Å²) in [5.41, 5.74) is 4.80. The van der Waals surface area contributed by atoms with Gasteiger partial charge >= 0.3 is 5.97 Å². The van der Waals surface area contributed by atoms with Crippen LogP contribution in [0.2, 0.25) is 0 Å². The third-order valence-corrected chi connectivity index (χ3v) is 5.95. The Morgan fingerprint density at radius 3 is 2.81 bits per heavy atom. The molecule has 0 spiro atoms. The topological polar surface area (TPSA) is 67.6 Å². The van der Waals surface area contributed by atoms with Crippen molar-refractivity contribution < 1.29 is 14.6 Å². The highest BCUT2D eigenvalue weighted by Gasteiger charge is 2.37. The number of nitrogens with zero attached hydrogens (tertiary/aromatic N) is 3. The molecular formula is C21H27N3O3. The Balaban J connectivity index is 1.34. The van der Waals surface area contributed by atoms with Crippen LogP contribution in [0.4, 0.5) is 0 Å². The number of carbonyl (C=O) groups is 1. The van der Waals surface area contributed by atoms with E-state index in [1.54, 1.807) is 0 Å². The minimum atomic E-state index is -0.915. The first-order chi connectivity index (χ1) is 13.1. The van der Waals surface area contributed by atoms with E-state index in [1.807, 2.05) is 17.7 Å². The van der Waals surface area contributed by atoms with Gasteiger partial charge in [-0.15, -0.1) is 0 Å². The van der Waals surface area contributed by atoms with Gasteiger partial charge in [-0.25, -0.2) is 4.79 Å². The monoisotopic (exact) mass is 369 g/mol. The van der Waals surface area contributed by atoms with Crippen LogP contribution >= 0.6 is 0 Å². The zero-order valence-electron chi connectivity index (χ0n) is 16.0. The molecule has 6 heteroatoms. The molecule has 2 aromatic rings. The maximum Gasteiger partial charge on any atom is 0.356 e. The molecule has 1 N–H and O–H groups in total. The molecule has 4 rings (SSSR count). The van der Waals surface area contributed by atoms with Crippen molar-refractivity contribution in [2.24, 2.45) is 0 Å². The number of likely N-dealkylation sites (tertiary alicyclic amines) is 1. The van der Waals surface area contributed by atoms with Crippen molar-refractivity contribution in [1.82, 2.24) is 14.7 Å². The van der Waals surface area contributed by atoms with E-state index in [-0.39, 0.29) is 11.8 Å². The average Bonchev–Trinajstić information content (AvgIpc) is 3.00. The fourth-order valence-electron chi connectivity index (χ4n) is 4.27. The fourth-order valence-corrected chi connectivity index (χ4v) is 4.27. The molecule has 1 fully saturated rings. The Labute approximate surface area is 159 Å². The summed E-state index contributed by atoms with van der Waals surface area (Å²) in [6.45, 7) is 7.36. The van der Waals surface area contributed by atoms with Crippen molar-refractivity contribution in [2.75, 3.05) is 13.1 Å². The lowest BCUT2D eigenvalue weighted by Crippen LogP contribution is -2.57. The number of aryl methyl sites for hydroxylation is 2. The quantitative estimate of drug-likeness (QED) is 0.848. The molecule has 0 radical (unpaired) electrons. The van der Waals surface area contributed by atoms with Crippen LogP contribution in [0, 0.1) is 6.92 Å². The van der Waals surface area contributed by atoms with E-state index in [1.165, 1.54) is 11.1 Å². The molecule has 27 heavy (non-hydrogen) atoms. The highest BCUT2D eigenvalue weighted by atomic mass is 16.5. The maximum atomic E-state index is 11.6. The molecule has 0 unspecified atom stereocenters. The Hall–Kier alpha value is -2.18. The van der Waals surface area contributed by atoms with Gasteiger partial charge in [-0.3, -0.25) is 9.58 Å². The van der Waals surface area contributed by atoms with E-state index in [4.69, 9.17) is 4.74 Å². The van der Waals surface area contributed by atoms with Gasteiger partial charge in [0.25, 0.3) is 0 Å². The number of fused-ring (bicyclic) bond motifs is 1. The van der Waals surface area contributed by atoms with Gasteiger partial charge in [0.2, 0.25) is 0 Å².